The fraction of sp³-hybridized carbons (Fsp3) is 0.450. The molecule has 0 spiro atoms. The molecule has 0 bridgehead atoms. The molecule has 1 aliphatic rings. The lowest BCUT2D eigenvalue weighted by Crippen LogP contribution is -2.38. The summed E-state index contributed by atoms with van der Waals surface area (Å²) < 4.78 is 10.1. The number of pyridine rings is 1. The number of methoxy groups -OCH3 is 1. The van der Waals surface area contributed by atoms with Gasteiger partial charge in [0.05, 0.1) is 24.3 Å². The number of carbonyl (C=O) groups is 2. The predicted molar refractivity (Wildman–Crippen MR) is 98.1 cm³/mol. The number of esters is 1. The van der Waals surface area contributed by atoms with Gasteiger partial charge in [0.2, 0.25) is 0 Å². The largest absolute Gasteiger partial charge is 0.465 e. The van der Waals surface area contributed by atoms with Crippen molar-refractivity contribution in [1.29, 1.82) is 0 Å². The minimum atomic E-state index is -0.419. The zero-order chi connectivity index (χ0) is 18.5. The molecule has 1 aromatic heterocycles. The van der Waals surface area contributed by atoms with Crippen LogP contribution in [-0.2, 0) is 14.3 Å². The zero-order valence-corrected chi connectivity index (χ0v) is 15.2. The van der Waals surface area contributed by atoms with Gasteiger partial charge in [0.25, 0.3) is 5.91 Å². The van der Waals surface area contributed by atoms with Crippen LogP contribution in [0.4, 0.5) is 0 Å². The van der Waals surface area contributed by atoms with Gasteiger partial charge in [-0.15, -0.1) is 0 Å². The number of hydrogen-bond acceptors (Lipinski definition) is 5. The van der Waals surface area contributed by atoms with Crippen molar-refractivity contribution in [2.75, 3.05) is 33.4 Å². The Morgan fingerprint density at radius 3 is 2.73 bits per heavy atom. The van der Waals surface area contributed by atoms with Crippen molar-refractivity contribution in [2.24, 2.45) is 0 Å². The van der Waals surface area contributed by atoms with Gasteiger partial charge in [0.1, 0.15) is 6.54 Å². The van der Waals surface area contributed by atoms with E-state index < -0.39 is 5.97 Å². The Kier molecular flexibility index (Phi) is 5.83. The van der Waals surface area contributed by atoms with Crippen LogP contribution in [0, 0.1) is 0 Å². The summed E-state index contributed by atoms with van der Waals surface area (Å²) >= 11 is 0. The van der Waals surface area contributed by atoms with Crippen LogP contribution < -0.4 is 0 Å². The Bertz CT molecular complexity index is 801. The Labute approximate surface area is 153 Å². The van der Waals surface area contributed by atoms with E-state index in [2.05, 4.69) is 0 Å². The summed E-state index contributed by atoms with van der Waals surface area (Å²) in [7, 11) is 1.57. The number of rotatable bonds is 8. The molecule has 1 fully saturated rings. The second kappa shape index (κ2) is 8.27. The topological polar surface area (TPSA) is 68.7 Å². The first-order valence-corrected chi connectivity index (χ1v) is 8.97. The van der Waals surface area contributed by atoms with E-state index in [9.17, 15) is 9.59 Å². The highest BCUT2D eigenvalue weighted by Gasteiger charge is 2.28. The van der Waals surface area contributed by atoms with Gasteiger partial charge >= 0.3 is 5.97 Å². The van der Waals surface area contributed by atoms with Crippen molar-refractivity contribution in [3.05, 3.63) is 41.6 Å². The third kappa shape index (κ3) is 4.19. The van der Waals surface area contributed by atoms with Gasteiger partial charge in [-0.05, 0) is 31.9 Å². The summed E-state index contributed by atoms with van der Waals surface area (Å²) in [6.45, 7) is 2.62. The summed E-state index contributed by atoms with van der Waals surface area (Å²) in [4.78, 5) is 31.4. The molecule has 3 rings (SSSR count). The standard InChI is InChI=1S/C20H24N2O4/c1-3-26-19(23)13-22(10-11-25-2)20(24)16-12-18(14-8-9-14)21-17-7-5-4-6-15(16)17/h4-7,12,14H,3,8-11,13H2,1-2H3. The molecule has 1 saturated carbocycles. The average molecular weight is 356 g/mol. The predicted octanol–water partition coefficient (Wildman–Crippen LogP) is 2.76. The molecule has 0 saturated heterocycles. The number of aromatic nitrogens is 1. The van der Waals surface area contributed by atoms with E-state index in [4.69, 9.17) is 14.5 Å². The Balaban J connectivity index is 1.95. The normalized spacial score (nSPS) is 13.6. The lowest BCUT2D eigenvalue weighted by molar-refractivity contribution is -0.143. The molecule has 26 heavy (non-hydrogen) atoms. The average Bonchev–Trinajstić information content (AvgIpc) is 3.49. The number of carbonyl (C=O) groups excluding carboxylic acids is 2. The summed E-state index contributed by atoms with van der Waals surface area (Å²) in [6.07, 6.45) is 2.21. The Morgan fingerprint density at radius 1 is 1.27 bits per heavy atom. The highest BCUT2D eigenvalue weighted by molar-refractivity contribution is 6.07. The van der Waals surface area contributed by atoms with Crippen LogP contribution in [0.5, 0.6) is 0 Å². The number of para-hydroxylation sites is 1. The molecule has 1 aromatic carbocycles. The molecule has 0 radical (unpaired) electrons. The van der Waals surface area contributed by atoms with Crippen molar-refractivity contribution in [2.45, 2.75) is 25.7 Å². The van der Waals surface area contributed by atoms with Crippen molar-refractivity contribution < 1.29 is 19.1 Å². The molecule has 1 aliphatic carbocycles. The first-order valence-electron chi connectivity index (χ1n) is 8.97. The van der Waals surface area contributed by atoms with Gasteiger partial charge in [-0.25, -0.2) is 0 Å². The molecule has 6 heteroatoms. The molecule has 6 nitrogen and oxygen atoms in total. The van der Waals surface area contributed by atoms with Gasteiger partial charge in [-0.1, -0.05) is 18.2 Å². The van der Waals surface area contributed by atoms with Crippen molar-refractivity contribution in [3.8, 4) is 0 Å². The van der Waals surface area contributed by atoms with Crippen LogP contribution in [0.15, 0.2) is 30.3 Å². The van der Waals surface area contributed by atoms with Gasteiger partial charge in [-0.3, -0.25) is 14.6 Å². The SMILES string of the molecule is CCOC(=O)CN(CCOC)C(=O)c1cc(C2CC2)nc2ccccc12. The quantitative estimate of drug-likeness (QED) is 0.680. The minimum absolute atomic E-state index is 0.0918. The van der Waals surface area contributed by atoms with Crippen LogP contribution in [-0.4, -0.2) is 55.2 Å². The lowest BCUT2D eigenvalue weighted by atomic mass is 10.0. The fourth-order valence-corrected chi connectivity index (χ4v) is 2.95. The van der Waals surface area contributed by atoms with E-state index in [-0.39, 0.29) is 19.1 Å². The number of ether oxygens (including phenoxy) is 2. The van der Waals surface area contributed by atoms with E-state index in [1.165, 1.54) is 4.90 Å². The molecule has 0 N–H and O–H groups in total. The number of amides is 1. The molecular weight excluding hydrogens is 332 g/mol. The van der Waals surface area contributed by atoms with Gasteiger partial charge in [-0.2, -0.15) is 0 Å². The van der Waals surface area contributed by atoms with Gasteiger partial charge in [0.15, 0.2) is 0 Å². The number of fused-ring (bicyclic) bond motifs is 1. The molecule has 0 atom stereocenters. The summed E-state index contributed by atoms with van der Waals surface area (Å²) in [6, 6.07) is 9.51. The van der Waals surface area contributed by atoms with E-state index in [0.29, 0.717) is 24.6 Å². The van der Waals surface area contributed by atoms with Gasteiger partial charge in [0, 0.05) is 30.7 Å². The van der Waals surface area contributed by atoms with E-state index in [1.54, 1.807) is 14.0 Å². The maximum Gasteiger partial charge on any atom is 0.325 e. The van der Waals surface area contributed by atoms with E-state index in [1.807, 2.05) is 30.3 Å². The summed E-state index contributed by atoms with van der Waals surface area (Å²) in [5, 5.41) is 0.799. The lowest BCUT2D eigenvalue weighted by Gasteiger charge is -2.22. The summed E-state index contributed by atoms with van der Waals surface area (Å²) in [5.74, 6) is -0.183. The number of nitrogens with zero attached hydrogens (tertiary/aromatic N) is 2. The first-order chi connectivity index (χ1) is 12.6. The molecular formula is C20H24N2O4. The third-order valence-electron chi connectivity index (χ3n) is 4.44. The number of hydrogen-bond donors (Lipinski definition) is 0. The highest BCUT2D eigenvalue weighted by Crippen LogP contribution is 2.40. The molecule has 138 valence electrons. The number of benzene rings is 1. The van der Waals surface area contributed by atoms with E-state index in [0.717, 1.165) is 29.4 Å². The fourth-order valence-electron chi connectivity index (χ4n) is 2.95. The Hall–Kier alpha value is -2.47. The molecule has 1 heterocycles. The summed E-state index contributed by atoms with van der Waals surface area (Å²) in [5.41, 5.74) is 2.34. The molecule has 2 aromatic rings. The highest BCUT2D eigenvalue weighted by atomic mass is 16.5. The van der Waals surface area contributed by atoms with Gasteiger partial charge < -0.3 is 14.4 Å². The maximum absolute atomic E-state index is 13.2. The van der Waals surface area contributed by atoms with Crippen LogP contribution in [0.25, 0.3) is 10.9 Å². The second-order valence-electron chi connectivity index (χ2n) is 6.41. The van der Waals surface area contributed by atoms with Crippen molar-refractivity contribution in [3.63, 3.8) is 0 Å². The first kappa shape index (κ1) is 18.3. The third-order valence-corrected chi connectivity index (χ3v) is 4.44. The van der Waals surface area contributed by atoms with Crippen LogP contribution >= 0.6 is 0 Å². The van der Waals surface area contributed by atoms with Crippen molar-refractivity contribution in [1.82, 2.24) is 9.88 Å². The monoisotopic (exact) mass is 356 g/mol. The smallest absolute Gasteiger partial charge is 0.325 e. The van der Waals surface area contributed by atoms with Crippen LogP contribution in [0.1, 0.15) is 41.7 Å². The van der Waals surface area contributed by atoms with Crippen LogP contribution in [0.3, 0.4) is 0 Å². The zero-order valence-electron chi connectivity index (χ0n) is 15.2. The maximum atomic E-state index is 13.2. The molecule has 0 aliphatic heterocycles. The molecule has 0 unspecified atom stereocenters. The van der Waals surface area contributed by atoms with E-state index >= 15 is 0 Å². The molecule has 1 amide bonds. The Morgan fingerprint density at radius 2 is 2.04 bits per heavy atom. The minimum Gasteiger partial charge on any atom is -0.465 e. The van der Waals surface area contributed by atoms with Crippen molar-refractivity contribution >= 4 is 22.8 Å². The van der Waals surface area contributed by atoms with Crippen LogP contribution in [0.2, 0.25) is 0 Å². The second-order valence-corrected chi connectivity index (χ2v) is 6.41.